The van der Waals surface area contributed by atoms with Gasteiger partial charge in [0.1, 0.15) is 12.1 Å². The molecule has 0 aliphatic rings. The van der Waals surface area contributed by atoms with Gasteiger partial charge in [-0.05, 0) is 148 Å². The lowest BCUT2D eigenvalue weighted by molar-refractivity contribution is -0.150. The van der Waals surface area contributed by atoms with Gasteiger partial charge in [-0.25, -0.2) is 4.79 Å². The van der Waals surface area contributed by atoms with Crippen LogP contribution in [0.4, 0.5) is 0 Å². The Morgan fingerprint density at radius 2 is 0.812 bits per heavy atom. The molecular formula is C57H92N2O5. The molecule has 64 heavy (non-hydrogen) atoms. The Morgan fingerprint density at radius 3 is 1.25 bits per heavy atom. The number of unbranched alkanes of at least 4 members (excludes halogenated alkanes) is 10. The molecule has 0 aliphatic heterocycles. The summed E-state index contributed by atoms with van der Waals surface area (Å²) in [4.78, 5) is 36.6. The molecular weight excluding hydrogens is 793 g/mol. The van der Waals surface area contributed by atoms with Crippen LogP contribution in [0.25, 0.3) is 0 Å². The monoisotopic (exact) mass is 885 g/mol. The minimum atomic E-state index is -1.01. The second-order valence-corrected chi connectivity index (χ2v) is 16.5. The summed E-state index contributed by atoms with van der Waals surface area (Å²) in [7, 11) is 0. The Bertz CT molecular complexity index is 1410. The minimum Gasteiger partial charge on any atom is -0.480 e. The number of hydrogen-bond donors (Lipinski definition) is 3. The SMILES string of the molecule is CC/C=C\C/C=C\C/C=C\C/C=C\C/C=C\C/C=C\CCCCCCC(=O)OC(CCCC/C=C\C/C=C\C/C=C\C/C=C\CC)CCCCCCCC(=O)NC(CCCN)C(=O)O. The lowest BCUT2D eigenvalue weighted by atomic mass is 10.0. The van der Waals surface area contributed by atoms with Crippen LogP contribution in [0.2, 0.25) is 0 Å². The van der Waals surface area contributed by atoms with Crippen molar-refractivity contribution >= 4 is 17.8 Å². The predicted octanol–water partition coefficient (Wildman–Crippen LogP) is 15.3. The Balaban J connectivity index is 4.45. The molecule has 0 rings (SSSR count). The number of nitrogens with two attached hydrogens (primary N) is 1. The molecule has 360 valence electrons. The normalized spacial score (nSPS) is 13.7. The van der Waals surface area contributed by atoms with Crippen LogP contribution >= 0.6 is 0 Å². The van der Waals surface area contributed by atoms with Crippen molar-refractivity contribution in [2.75, 3.05) is 6.54 Å². The first-order chi connectivity index (χ1) is 31.4. The molecule has 0 saturated carbocycles. The minimum absolute atomic E-state index is 0.0507. The van der Waals surface area contributed by atoms with Crippen molar-refractivity contribution in [3.8, 4) is 0 Å². The van der Waals surface area contributed by atoms with Gasteiger partial charge < -0.3 is 20.9 Å². The van der Waals surface area contributed by atoms with Crippen molar-refractivity contribution in [3.63, 3.8) is 0 Å². The average molecular weight is 885 g/mol. The van der Waals surface area contributed by atoms with E-state index in [0.29, 0.717) is 32.2 Å². The van der Waals surface area contributed by atoms with Crippen LogP contribution in [-0.2, 0) is 19.1 Å². The molecule has 0 bridgehead atoms. The van der Waals surface area contributed by atoms with Gasteiger partial charge in [0, 0.05) is 12.8 Å². The molecule has 2 unspecified atom stereocenters. The zero-order valence-electron chi connectivity index (χ0n) is 40.6. The van der Waals surface area contributed by atoms with Crippen molar-refractivity contribution in [2.24, 2.45) is 5.73 Å². The lowest BCUT2D eigenvalue weighted by Crippen LogP contribution is -2.40. The average Bonchev–Trinajstić information content (AvgIpc) is 3.28. The Kier molecular flexibility index (Phi) is 46.5. The first-order valence-corrected chi connectivity index (χ1v) is 25.4. The Labute approximate surface area is 392 Å². The second kappa shape index (κ2) is 49.8. The van der Waals surface area contributed by atoms with E-state index in [1.165, 1.54) is 0 Å². The van der Waals surface area contributed by atoms with Gasteiger partial charge in [0.25, 0.3) is 0 Å². The van der Waals surface area contributed by atoms with Gasteiger partial charge in [0.15, 0.2) is 0 Å². The number of esters is 1. The smallest absolute Gasteiger partial charge is 0.326 e. The van der Waals surface area contributed by atoms with E-state index < -0.39 is 12.0 Å². The van der Waals surface area contributed by atoms with E-state index in [0.717, 1.165) is 161 Å². The van der Waals surface area contributed by atoms with E-state index in [9.17, 15) is 19.5 Å². The fourth-order valence-corrected chi connectivity index (χ4v) is 6.80. The van der Waals surface area contributed by atoms with E-state index in [-0.39, 0.29) is 18.0 Å². The third-order valence-corrected chi connectivity index (χ3v) is 10.5. The highest BCUT2D eigenvalue weighted by Crippen LogP contribution is 2.18. The molecule has 0 radical (unpaired) electrons. The molecule has 1 amide bonds. The largest absolute Gasteiger partial charge is 0.480 e. The van der Waals surface area contributed by atoms with Gasteiger partial charge in [0.05, 0.1) is 0 Å². The highest BCUT2D eigenvalue weighted by molar-refractivity contribution is 5.83. The van der Waals surface area contributed by atoms with E-state index in [1.807, 2.05) is 0 Å². The standard InChI is InChI=1S/C57H92N2O5/c1-3-5-7-9-11-13-15-17-19-20-21-22-23-24-25-26-28-30-32-34-36-41-45-51-56(61)64-53(47-42-38-35-33-31-29-27-18-16-14-12-10-8-6-4-2)48-43-39-37-40-44-50-55(60)59-54(57(62)63)49-46-52-58/h5-8,11-14,17-19,21-22,24-25,27-28,30-31,33,53-54H,3-4,9-10,15-16,20,23,26,29,32,34-52,58H2,1-2H3,(H,59,60)(H,62,63)/b7-5-,8-6-,13-11-,14-12-,19-17-,22-21-,25-24-,27-18-,30-28-,33-31-. The van der Waals surface area contributed by atoms with Crippen molar-refractivity contribution in [2.45, 2.75) is 212 Å². The van der Waals surface area contributed by atoms with Crippen LogP contribution in [-0.4, -0.2) is 41.6 Å². The summed E-state index contributed by atoms with van der Waals surface area (Å²) >= 11 is 0. The van der Waals surface area contributed by atoms with Crippen LogP contribution in [0, 0.1) is 0 Å². The van der Waals surface area contributed by atoms with Crippen LogP contribution < -0.4 is 11.1 Å². The van der Waals surface area contributed by atoms with E-state index in [4.69, 9.17) is 10.5 Å². The number of rotatable bonds is 44. The molecule has 7 heteroatoms. The summed E-state index contributed by atoms with van der Waals surface area (Å²) in [6.45, 7) is 4.71. The molecule has 0 fully saturated rings. The van der Waals surface area contributed by atoms with Gasteiger partial charge >= 0.3 is 11.9 Å². The maximum atomic E-state index is 12.9. The topological polar surface area (TPSA) is 119 Å². The summed E-state index contributed by atoms with van der Waals surface area (Å²) in [6, 6.07) is -0.872. The van der Waals surface area contributed by atoms with Gasteiger partial charge in [-0.2, -0.15) is 0 Å². The number of carbonyl (C=O) groups is 3. The van der Waals surface area contributed by atoms with Crippen molar-refractivity contribution in [1.82, 2.24) is 5.32 Å². The number of carboxylic acids is 1. The van der Waals surface area contributed by atoms with Crippen LogP contribution in [0.5, 0.6) is 0 Å². The number of carboxylic acid groups (broad SMARTS) is 1. The third-order valence-electron chi connectivity index (χ3n) is 10.5. The maximum absolute atomic E-state index is 12.9. The number of nitrogens with one attached hydrogen (secondary N) is 1. The highest BCUT2D eigenvalue weighted by Gasteiger charge is 2.19. The van der Waals surface area contributed by atoms with Crippen LogP contribution in [0.15, 0.2) is 122 Å². The molecule has 0 heterocycles. The number of allylic oxidation sites excluding steroid dienone is 20. The van der Waals surface area contributed by atoms with Gasteiger partial charge in [-0.3, -0.25) is 9.59 Å². The number of aliphatic carboxylic acids is 1. The summed E-state index contributed by atoms with van der Waals surface area (Å²) < 4.78 is 6.05. The van der Waals surface area contributed by atoms with Crippen molar-refractivity contribution < 1.29 is 24.2 Å². The van der Waals surface area contributed by atoms with E-state index in [1.54, 1.807) is 0 Å². The number of amides is 1. The zero-order chi connectivity index (χ0) is 46.7. The first kappa shape index (κ1) is 59.8. The van der Waals surface area contributed by atoms with E-state index >= 15 is 0 Å². The predicted molar refractivity (Wildman–Crippen MR) is 275 cm³/mol. The van der Waals surface area contributed by atoms with Crippen LogP contribution in [0.3, 0.4) is 0 Å². The zero-order valence-corrected chi connectivity index (χ0v) is 40.6. The van der Waals surface area contributed by atoms with Gasteiger partial charge in [-0.1, -0.05) is 167 Å². The Hall–Kier alpha value is -4.23. The van der Waals surface area contributed by atoms with Gasteiger partial charge in [0.2, 0.25) is 5.91 Å². The second-order valence-electron chi connectivity index (χ2n) is 16.5. The molecule has 7 nitrogen and oxygen atoms in total. The third kappa shape index (κ3) is 45.8. The molecule has 0 aromatic rings. The number of carbonyl (C=O) groups excluding carboxylic acids is 2. The summed E-state index contributed by atoms with van der Waals surface area (Å²) in [5.41, 5.74) is 5.50. The fourth-order valence-electron chi connectivity index (χ4n) is 6.80. The molecule has 0 aromatic carbocycles. The maximum Gasteiger partial charge on any atom is 0.326 e. The highest BCUT2D eigenvalue weighted by atomic mass is 16.5. The summed E-state index contributed by atoms with van der Waals surface area (Å²) in [5, 5.41) is 12.0. The lowest BCUT2D eigenvalue weighted by Gasteiger charge is -2.18. The Morgan fingerprint density at radius 1 is 0.453 bits per heavy atom. The van der Waals surface area contributed by atoms with Gasteiger partial charge in [-0.15, -0.1) is 0 Å². The van der Waals surface area contributed by atoms with Crippen molar-refractivity contribution in [3.05, 3.63) is 122 Å². The van der Waals surface area contributed by atoms with E-state index in [2.05, 4.69) is 141 Å². The molecule has 0 aromatic heterocycles. The molecule has 2 atom stereocenters. The molecule has 4 N–H and O–H groups in total. The summed E-state index contributed by atoms with van der Waals surface area (Å²) in [6.07, 6.45) is 71.0. The molecule has 0 saturated heterocycles. The fraction of sp³-hybridized carbons (Fsp3) is 0.596. The molecule has 0 aliphatic carbocycles. The number of hydrogen-bond acceptors (Lipinski definition) is 5. The number of ether oxygens (including phenoxy) is 1. The summed E-state index contributed by atoms with van der Waals surface area (Å²) in [5.74, 6) is -1.30. The molecule has 0 spiro atoms. The quantitative estimate of drug-likeness (QED) is 0.0319. The van der Waals surface area contributed by atoms with Crippen LogP contribution in [0.1, 0.15) is 200 Å². The first-order valence-electron chi connectivity index (χ1n) is 25.4. The van der Waals surface area contributed by atoms with Crippen molar-refractivity contribution in [1.29, 1.82) is 0 Å².